The van der Waals surface area contributed by atoms with E-state index in [2.05, 4.69) is 0 Å². The summed E-state index contributed by atoms with van der Waals surface area (Å²) in [6.07, 6.45) is 0. The summed E-state index contributed by atoms with van der Waals surface area (Å²) in [6, 6.07) is 23.5. The van der Waals surface area contributed by atoms with Gasteiger partial charge in [-0.1, -0.05) is 71.9 Å². The van der Waals surface area contributed by atoms with Crippen molar-refractivity contribution in [3.8, 4) is 0 Å². The molecular weight excluding hydrogens is 312 g/mol. The molecule has 0 unspecified atom stereocenters. The molecule has 0 aliphatic carbocycles. The lowest BCUT2D eigenvalue weighted by molar-refractivity contribution is 0.118. The van der Waals surface area contributed by atoms with Crippen LogP contribution in [0.5, 0.6) is 0 Å². The van der Waals surface area contributed by atoms with Crippen LogP contribution in [-0.4, -0.2) is 5.11 Å². The second kappa shape index (κ2) is 5.17. The minimum atomic E-state index is -1.18. The fourth-order valence-corrected chi connectivity index (χ4v) is 4.32. The second-order valence-corrected chi connectivity index (χ2v) is 6.84. The van der Waals surface area contributed by atoms with Crippen LogP contribution in [0.2, 0.25) is 5.02 Å². The van der Waals surface area contributed by atoms with Gasteiger partial charge in [0.25, 0.3) is 0 Å². The van der Waals surface area contributed by atoms with Crippen LogP contribution in [0, 0.1) is 0 Å². The molecule has 4 rings (SSSR count). The topological polar surface area (TPSA) is 20.2 Å². The minimum absolute atomic E-state index is 0.632. The maximum atomic E-state index is 11.7. The minimum Gasteiger partial charge on any atom is -0.376 e. The third-order valence-corrected chi connectivity index (χ3v) is 5.41. The van der Waals surface area contributed by atoms with E-state index < -0.39 is 5.60 Å². The Hall–Kier alpha value is -1.74. The zero-order chi connectivity index (χ0) is 15.2. The fourth-order valence-electron chi connectivity index (χ4n) is 2.98. The Morgan fingerprint density at radius 2 is 1.45 bits per heavy atom. The van der Waals surface area contributed by atoms with Gasteiger partial charge >= 0.3 is 0 Å². The molecule has 0 saturated carbocycles. The first kappa shape index (κ1) is 13.9. The lowest BCUT2D eigenvalue weighted by Gasteiger charge is -2.36. The first-order chi connectivity index (χ1) is 10.7. The highest BCUT2D eigenvalue weighted by atomic mass is 35.5. The summed E-state index contributed by atoms with van der Waals surface area (Å²) in [5.41, 5.74) is 1.42. The average Bonchev–Trinajstić information content (AvgIpc) is 2.57. The summed E-state index contributed by atoms with van der Waals surface area (Å²) >= 11 is 7.87. The van der Waals surface area contributed by atoms with Crippen molar-refractivity contribution in [2.75, 3.05) is 0 Å². The molecule has 3 aromatic carbocycles. The molecule has 108 valence electrons. The predicted molar refractivity (Wildman–Crippen MR) is 90.6 cm³/mol. The molecule has 0 aromatic heterocycles. The smallest absolute Gasteiger partial charge is 0.142 e. The lowest BCUT2D eigenvalue weighted by Crippen LogP contribution is -2.32. The maximum Gasteiger partial charge on any atom is 0.142 e. The molecule has 1 aliphatic heterocycles. The van der Waals surface area contributed by atoms with Crippen molar-refractivity contribution in [2.45, 2.75) is 15.4 Å². The van der Waals surface area contributed by atoms with Gasteiger partial charge in [0.2, 0.25) is 0 Å². The monoisotopic (exact) mass is 324 g/mol. The summed E-state index contributed by atoms with van der Waals surface area (Å²) in [6.45, 7) is 0. The van der Waals surface area contributed by atoms with Gasteiger partial charge in [-0.15, -0.1) is 0 Å². The maximum absolute atomic E-state index is 11.7. The first-order valence-corrected chi connectivity index (χ1v) is 8.24. The van der Waals surface area contributed by atoms with Gasteiger partial charge in [-0.2, -0.15) is 0 Å². The van der Waals surface area contributed by atoms with Gasteiger partial charge in [0, 0.05) is 25.9 Å². The normalized spacial score (nSPS) is 19.4. The zero-order valence-corrected chi connectivity index (χ0v) is 13.2. The van der Waals surface area contributed by atoms with E-state index in [1.54, 1.807) is 11.8 Å². The number of hydrogen-bond donors (Lipinski definition) is 1. The highest BCUT2D eigenvalue weighted by molar-refractivity contribution is 7.99. The Balaban J connectivity index is 2.07. The molecule has 22 heavy (non-hydrogen) atoms. The van der Waals surface area contributed by atoms with Gasteiger partial charge < -0.3 is 5.11 Å². The third-order valence-electron chi connectivity index (χ3n) is 4.02. The van der Waals surface area contributed by atoms with Crippen LogP contribution < -0.4 is 0 Å². The van der Waals surface area contributed by atoms with Crippen LogP contribution in [-0.2, 0) is 5.60 Å². The Morgan fingerprint density at radius 1 is 0.773 bits per heavy atom. The van der Waals surface area contributed by atoms with Crippen molar-refractivity contribution in [1.82, 2.24) is 0 Å². The van der Waals surface area contributed by atoms with Gasteiger partial charge in [0.15, 0.2) is 0 Å². The van der Waals surface area contributed by atoms with E-state index in [9.17, 15) is 5.11 Å². The third kappa shape index (κ3) is 1.99. The Kier molecular flexibility index (Phi) is 3.26. The van der Waals surface area contributed by atoms with Gasteiger partial charge in [0.05, 0.1) is 0 Å². The van der Waals surface area contributed by atoms with Crippen LogP contribution in [0.15, 0.2) is 82.6 Å². The highest BCUT2D eigenvalue weighted by Gasteiger charge is 2.40. The van der Waals surface area contributed by atoms with Crippen molar-refractivity contribution in [3.05, 3.63) is 94.5 Å². The van der Waals surface area contributed by atoms with Crippen molar-refractivity contribution < 1.29 is 5.11 Å². The summed E-state index contributed by atoms with van der Waals surface area (Å²) in [5, 5.41) is 12.3. The first-order valence-electron chi connectivity index (χ1n) is 7.05. The largest absolute Gasteiger partial charge is 0.376 e. The molecule has 1 heterocycles. The Morgan fingerprint density at radius 3 is 2.27 bits per heavy atom. The Bertz CT molecular complexity index is 847. The predicted octanol–water partition coefficient (Wildman–Crippen LogP) is 5.09. The van der Waals surface area contributed by atoms with Gasteiger partial charge in [0.1, 0.15) is 5.60 Å². The van der Waals surface area contributed by atoms with E-state index in [1.807, 2.05) is 72.8 Å². The van der Waals surface area contributed by atoms with E-state index in [4.69, 9.17) is 11.6 Å². The molecule has 1 aliphatic rings. The molecule has 1 atom stereocenters. The quantitative estimate of drug-likeness (QED) is 0.673. The highest BCUT2D eigenvalue weighted by Crippen LogP contribution is 2.51. The molecule has 3 heteroatoms. The molecule has 0 spiro atoms. The molecule has 0 fully saturated rings. The molecular formula is C19H13ClOS. The van der Waals surface area contributed by atoms with E-state index in [0.717, 1.165) is 26.5 Å². The number of halogens is 1. The summed E-state index contributed by atoms with van der Waals surface area (Å²) < 4.78 is 0. The standard InChI is InChI=1S/C19H13ClOS/c20-14-10-11-18-16(12-14)19(21,13-6-2-1-3-7-13)15-8-4-5-9-17(15)22-18/h1-12,21H/t19-/m1/s1. The molecule has 0 saturated heterocycles. The van der Waals surface area contributed by atoms with Gasteiger partial charge in [-0.3, -0.25) is 0 Å². The zero-order valence-electron chi connectivity index (χ0n) is 11.7. The lowest BCUT2D eigenvalue weighted by atomic mass is 9.80. The number of benzene rings is 3. The van der Waals surface area contributed by atoms with Crippen molar-refractivity contribution >= 4 is 23.4 Å². The number of rotatable bonds is 1. The number of hydrogen-bond acceptors (Lipinski definition) is 2. The number of fused-ring (bicyclic) bond motifs is 2. The van der Waals surface area contributed by atoms with E-state index >= 15 is 0 Å². The second-order valence-electron chi connectivity index (χ2n) is 5.32. The van der Waals surface area contributed by atoms with Gasteiger partial charge in [-0.05, 0) is 29.8 Å². The fraction of sp³-hybridized carbons (Fsp3) is 0.0526. The van der Waals surface area contributed by atoms with E-state index in [-0.39, 0.29) is 0 Å². The van der Waals surface area contributed by atoms with E-state index in [0.29, 0.717) is 5.02 Å². The van der Waals surface area contributed by atoms with Gasteiger partial charge in [-0.25, -0.2) is 0 Å². The molecule has 0 radical (unpaired) electrons. The summed E-state index contributed by atoms with van der Waals surface area (Å²) in [7, 11) is 0. The summed E-state index contributed by atoms with van der Waals surface area (Å²) in [4.78, 5) is 2.11. The van der Waals surface area contributed by atoms with Crippen LogP contribution in [0.3, 0.4) is 0 Å². The van der Waals surface area contributed by atoms with Crippen molar-refractivity contribution in [3.63, 3.8) is 0 Å². The van der Waals surface area contributed by atoms with Crippen LogP contribution in [0.4, 0.5) is 0 Å². The molecule has 1 nitrogen and oxygen atoms in total. The van der Waals surface area contributed by atoms with Crippen molar-refractivity contribution in [2.24, 2.45) is 0 Å². The van der Waals surface area contributed by atoms with Crippen LogP contribution in [0.1, 0.15) is 16.7 Å². The van der Waals surface area contributed by atoms with E-state index in [1.165, 1.54) is 0 Å². The van der Waals surface area contributed by atoms with Crippen LogP contribution in [0.25, 0.3) is 0 Å². The summed E-state index contributed by atoms with van der Waals surface area (Å²) in [5.74, 6) is 0. The molecule has 0 bridgehead atoms. The van der Waals surface area contributed by atoms with Crippen molar-refractivity contribution in [1.29, 1.82) is 0 Å². The molecule has 1 N–H and O–H groups in total. The SMILES string of the molecule is O[C@]1(c2ccccc2)c2ccccc2Sc2ccc(Cl)cc21. The van der Waals surface area contributed by atoms with Crippen LogP contribution >= 0.6 is 23.4 Å². The Labute approximate surface area is 138 Å². The molecule has 3 aromatic rings. The number of aliphatic hydroxyl groups is 1. The average molecular weight is 325 g/mol. The molecule has 0 amide bonds.